The van der Waals surface area contributed by atoms with Crippen LogP contribution < -0.4 is 0 Å². The molecule has 0 aliphatic heterocycles. The van der Waals surface area contributed by atoms with Gasteiger partial charge in [0.2, 0.25) is 0 Å². The first-order valence-electron chi connectivity index (χ1n) is 47.0. The molecule has 0 spiro atoms. The van der Waals surface area contributed by atoms with Gasteiger partial charge in [-0.25, -0.2) is 29.9 Å². The summed E-state index contributed by atoms with van der Waals surface area (Å²) in [4.78, 5) is 31.1. The molecule has 3 aliphatic carbocycles. The Kier molecular flexibility index (Phi) is 18.6. The van der Waals surface area contributed by atoms with Crippen LogP contribution in [-0.4, -0.2) is 29.9 Å². The average molecular weight is 1790 g/mol. The lowest BCUT2D eigenvalue weighted by Crippen LogP contribution is -2.43. The third kappa shape index (κ3) is 12.6. The van der Waals surface area contributed by atoms with E-state index in [0.29, 0.717) is 0 Å². The Hall–Kier alpha value is -14.6. The van der Waals surface area contributed by atoms with Gasteiger partial charge in [0.15, 0.2) is 5.82 Å². The number of fused-ring (bicyclic) bond motifs is 28. The number of thiophene rings is 3. The van der Waals surface area contributed by atoms with Crippen molar-refractivity contribution in [1.29, 1.82) is 0 Å². The zero-order valence-electron chi connectivity index (χ0n) is 77.5. The molecule has 0 saturated heterocycles. The highest BCUT2D eigenvalue weighted by atomic mass is 32.1. The second kappa shape index (κ2) is 30.5. The Morgan fingerprint density at radius 2 is 0.585 bits per heavy atom. The van der Waals surface area contributed by atoms with Crippen LogP contribution in [0.5, 0.6) is 0 Å². The van der Waals surface area contributed by atoms with Gasteiger partial charge < -0.3 is 0 Å². The highest BCUT2D eigenvalue weighted by Gasteiger charge is 2.50. The fraction of sp³-hybridized carbons (Fsp3) is 0.143. The molecule has 0 N–H and O–H groups in total. The van der Waals surface area contributed by atoms with E-state index >= 15 is 0 Å². The highest BCUT2D eigenvalue weighted by molar-refractivity contribution is 7.26. The number of aromatic nitrogens is 6. The Morgan fingerprint density at radius 1 is 0.185 bits per heavy atom. The van der Waals surface area contributed by atoms with Gasteiger partial charge in [-0.15, -0.1) is 34.0 Å². The molecule has 0 bridgehead atoms. The molecule has 24 aromatic rings. The van der Waals surface area contributed by atoms with Crippen LogP contribution in [0.3, 0.4) is 0 Å². The van der Waals surface area contributed by atoms with Gasteiger partial charge in [0, 0.05) is 105 Å². The summed E-state index contributed by atoms with van der Waals surface area (Å²) in [5, 5.41) is 17.0. The molecule has 135 heavy (non-hydrogen) atoms. The molecule has 0 atom stereocenters. The van der Waals surface area contributed by atoms with E-state index in [1.807, 2.05) is 82.5 Å². The molecule has 0 radical (unpaired) electrons. The fourth-order valence-corrected chi connectivity index (χ4v) is 25.9. The summed E-state index contributed by atoms with van der Waals surface area (Å²) in [5.74, 6) is 0.764. The van der Waals surface area contributed by atoms with Crippen molar-refractivity contribution in [3.8, 4) is 101 Å². The van der Waals surface area contributed by atoms with E-state index in [1.54, 1.807) is 0 Å². The summed E-state index contributed by atoms with van der Waals surface area (Å²) in [7, 11) is 0. The number of nitrogens with zero attached hydrogens (tertiary/aromatic N) is 6. The van der Waals surface area contributed by atoms with Crippen molar-refractivity contribution < 1.29 is 0 Å². The average Bonchev–Trinajstić information content (AvgIpc) is 1.68. The third-order valence-corrected chi connectivity index (χ3v) is 35.2. The lowest BCUT2D eigenvalue weighted by molar-refractivity contribution is 0.299. The van der Waals surface area contributed by atoms with Crippen molar-refractivity contribution >= 4 is 160 Å². The normalized spacial score (nSPS) is 15.0. The van der Waals surface area contributed by atoms with Gasteiger partial charge in [-0.05, 0) is 223 Å². The first-order valence-corrected chi connectivity index (χ1v) is 49.5. The number of hydrogen-bond acceptors (Lipinski definition) is 9. The minimum Gasteiger partial charge on any atom is -0.244 e. The Bertz CT molecular complexity index is 9120. The largest absolute Gasteiger partial charge is 0.244 e. The van der Waals surface area contributed by atoms with Crippen molar-refractivity contribution in [2.45, 2.75) is 116 Å². The van der Waals surface area contributed by atoms with E-state index < -0.39 is 0 Å². The monoisotopic (exact) mass is 1790 g/mol. The molecular weight excluding hydrogens is 1690 g/mol. The molecule has 648 valence electrons. The number of para-hydroxylation sites is 5. The maximum Gasteiger partial charge on any atom is 0.160 e. The lowest BCUT2D eigenvalue weighted by Gasteiger charge is -2.49. The summed E-state index contributed by atoms with van der Waals surface area (Å²) >= 11 is 5.70. The van der Waals surface area contributed by atoms with E-state index in [1.165, 1.54) is 160 Å². The molecular formula is C126H96N6S3. The van der Waals surface area contributed by atoms with Crippen molar-refractivity contribution in [3.63, 3.8) is 0 Å². The summed E-state index contributed by atoms with van der Waals surface area (Å²) < 4.78 is 8.01. The van der Waals surface area contributed by atoms with Crippen molar-refractivity contribution in [1.82, 2.24) is 29.9 Å². The summed E-state index contributed by atoms with van der Waals surface area (Å²) in [5.41, 5.74) is 31.7. The zero-order chi connectivity index (χ0) is 91.5. The summed E-state index contributed by atoms with van der Waals surface area (Å²) in [6.07, 6.45) is 0. The predicted octanol–water partition coefficient (Wildman–Crippen LogP) is 35.2. The first-order chi connectivity index (χ1) is 65.4. The Balaban J connectivity index is 0.000000108. The van der Waals surface area contributed by atoms with Crippen LogP contribution in [0.1, 0.15) is 116 Å². The molecule has 9 heteroatoms. The van der Waals surface area contributed by atoms with E-state index in [0.717, 1.165) is 101 Å². The van der Waals surface area contributed by atoms with Gasteiger partial charge in [-0.3, -0.25) is 0 Å². The third-order valence-electron chi connectivity index (χ3n) is 31.8. The van der Waals surface area contributed by atoms with E-state index in [-0.39, 0.29) is 32.5 Å². The number of benzene rings is 18. The molecule has 6 aromatic heterocycles. The summed E-state index contributed by atoms with van der Waals surface area (Å²) in [6.45, 7) is 29.0. The van der Waals surface area contributed by atoms with Gasteiger partial charge in [-0.2, -0.15) is 0 Å². The van der Waals surface area contributed by atoms with Gasteiger partial charge in [0.25, 0.3) is 0 Å². The molecule has 3 aliphatic rings. The van der Waals surface area contributed by atoms with Gasteiger partial charge >= 0.3 is 0 Å². The lowest BCUT2D eigenvalue weighted by atomic mass is 9.54. The van der Waals surface area contributed by atoms with Crippen LogP contribution in [-0.2, 0) is 32.5 Å². The van der Waals surface area contributed by atoms with Crippen molar-refractivity contribution in [2.75, 3.05) is 0 Å². The first kappa shape index (κ1) is 82.3. The van der Waals surface area contributed by atoms with E-state index in [2.05, 4.69) is 399 Å². The fourth-order valence-electron chi connectivity index (χ4n) is 22.5. The van der Waals surface area contributed by atoms with Crippen molar-refractivity contribution in [3.05, 3.63) is 397 Å². The molecule has 0 unspecified atom stereocenters. The predicted molar refractivity (Wildman–Crippen MR) is 577 cm³/mol. The second-order valence-electron chi connectivity index (χ2n) is 40.3. The second-order valence-corrected chi connectivity index (χ2v) is 43.6. The molecule has 0 saturated carbocycles. The zero-order valence-corrected chi connectivity index (χ0v) is 80.0. The Morgan fingerprint density at radius 3 is 1.23 bits per heavy atom. The van der Waals surface area contributed by atoms with Crippen LogP contribution in [0.25, 0.3) is 227 Å². The van der Waals surface area contributed by atoms with E-state index in [9.17, 15) is 0 Å². The SMILES string of the molecule is CC1(C)c2cc(-c3nc(-c4ccccc4)c4ccccc4n3)ccc2-c2ccc3sc4ccc5ccccc5c4c3c2C1(C)C.CC1(C)c2cc3c(cc2-c2c(ccc4ccccc24)C1(C)C)sc1ccc(-c2nc4ccccc4nc2-c2ccccc2)cc13.CC1(C)c2ccc(-c3nc4ccccc4nc3-c3ccccc3)cc2-c2c(ccc3sc4cc5ccccc5cc4c23)C1(C)C. The smallest absolute Gasteiger partial charge is 0.160 e. The standard InChI is InChI=1S/3C42H32N2S/c1-41(2)32-24-27(40-43-33-17-11-10-16-31(33)39(44-40)26-13-6-5-7-14-26)18-20-29(32)30-21-23-35-37(38(30)42(41,3)4)36-28-15-9-8-12-25(28)19-22-34(36)45-35;1-41(2)32-20-18-25-12-8-9-15-28(25)38(32)31-24-37-30(23-33(31)42(41,3)4)29-22-27(19-21-36(29)45-37)40-39(26-13-6-5-7-14-26)43-34-16-10-11-17-35(34)44-40;1-41(2)31-19-18-28(40-39(25-12-6-5-7-13-25)43-33-16-10-11-17-34(33)44-40)23-29(31)37-32(42(41,3)4)20-21-35-38(37)30-22-26-14-8-9-15-27(26)24-36(30)45-35/h3*5-24H,1-4H3. The number of rotatable bonds is 6. The van der Waals surface area contributed by atoms with Crippen LogP contribution in [0.4, 0.5) is 0 Å². The Labute approximate surface area is 797 Å². The summed E-state index contributed by atoms with van der Waals surface area (Å²) in [6, 6.07) is 132. The maximum absolute atomic E-state index is 5.27. The topological polar surface area (TPSA) is 77.3 Å². The molecule has 27 rings (SSSR count). The van der Waals surface area contributed by atoms with Crippen LogP contribution in [0, 0.1) is 0 Å². The van der Waals surface area contributed by atoms with Gasteiger partial charge in [-0.1, -0.05) is 350 Å². The van der Waals surface area contributed by atoms with Crippen molar-refractivity contribution in [2.24, 2.45) is 0 Å². The van der Waals surface area contributed by atoms with E-state index in [4.69, 9.17) is 29.9 Å². The molecule has 18 aromatic carbocycles. The van der Waals surface area contributed by atoms with Gasteiger partial charge in [0.05, 0.1) is 56.1 Å². The highest BCUT2D eigenvalue weighted by Crippen LogP contribution is 2.62. The molecule has 6 heterocycles. The molecule has 0 amide bonds. The number of hydrogen-bond donors (Lipinski definition) is 0. The minimum absolute atomic E-state index is 0.0463. The quantitative estimate of drug-likeness (QED) is 0.165. The maximum atomic E-state index is 5.27. The van der Waals surface area contributed by atoms with Crippen LogP contribution in [0.15, 0.2) is 364 Å². The molecule has 0 fully saturated rings. The van der Waals surface area contributed by atoms with Crippen LogP contribution in [0.2, 0.25) is 0 Å². The van der Waals surface area contributed by atoms with Gasteiger partial charge in [0.1, 0.15) is 0 Å². The molecule has 6 nitrogen and oxygen atoms in total. The van der Waals surface area contributed by atoms with Crippen LogP contribution >= 0.6 is 34.0 Å². The minimum atomic E-state index is -0.155.